The first kappa shape index (κ1) is 15.8. The molecule has 4 nitrogen and oxygen atoms in total. The Labute approximate surface area is 123 Å². The molecule has 1 unspecified atom stereocenters. The molecule has 0 spiro atoms. The van der Waals surface area contributed by atoms with Crippen molar-refractivity contribution in [3.63, 3.8) is 0 Å². The second-order valence-corrected chi connectivity index (χ2v) is 6.37. The molecule has 0 bridgehead atoms. The zero-order valence-corrected chi connectivity index (χ0v) is 13.0. The molecule has 2 aliphatic rings. The summed E-state index contributed by atoms with van der Waals surface area (Å²) in [4.78, 5) is 14.7. The van der Waals surface area contributed by atoms with Crippen molar-refractivity contribution in [1.82, 2.24) is 15.5 Å². The van der Waals surface area contributed by atoms with Gasteiger partial charge in [0.05, 0.1) is 0 Å². The monoisotopic (exact) mass is 281 g/mol. The van der Waals surface area contributed by atoms with E-state index in [0.717, 1.165) is 58.0 Å². The van der Waals surface area contributed by atoms with Crippen molar-refractivity contribution in [1.29, 1.82) is 0 Å². The van der Waals surface area contributed by atoms with Gasteiger partial charge in [0.2, 0.25) is 5.91 Å². The van der Waals surface area contributed by atoms with E-state index in [0.29, 0.717) is 0 Å². The van der Waals surface area contributed by atoms with Gasteiger partial charge in [0, 0.05) is 45.2 Å². The summed E-state index contributed by atoms with van der Waals surface area (Å²) in [5.74, 6) is 1.33. The number of rotatable bonds is 7. The van der Waals surface area contributed by atoms with Crippen LogP contribution in [0.5, 0.6) is 0 Å². The van der Waals surface area contributed by atoms with Crippen molar-refractivity contribution in [2.24, 2.45) is 11.8 Å². The number of nitrogens with zero attached hydrogens (tertiary/aromatic N) is 1. The van der Waals surface area contributed by atoms with Gasteiger partial charge in [0.1, 0.15) is 0 Å². The maximum atomic E-state index is 12.3. The van der Waals surface area contributed by atoms with Gasteiger partial charge >= 0.3 is 0 Å². The molecule has 4 heteroatoms. The lowest BCUT2D eigenvalue weighted by atomic mass is 9.91. The van der Waals surface area contributed by atoms with Crippen LogP contribution in [0.25, 0.3) is 0 Å². The quantitative estimate of drug-likeness (QED) is 0.745. The van der Waals surface area contributed by atoms with Crippen LogP contribution in [0.4, 0.5) is 0 Å². The van der Waals surface area contributed by atoms with Gasteiger partial charge in [0.25, 0.3) is 0 Å². The first-order valence-electron chi connectivity index (χ1n) is 8.50. The molecule has 116 valence electrons. The average Bonchev–Trinajstić information content (AvgIpc) is 2.98. The van der Waals surface area contributed by atoms with Crippen LogP contribution in [0.3, 0.4) is 0 Å². The number of piperazine rings is 1. The third-order valence-electron chi connectivity index (χ3n) is 4.89. The highest BCUT2D eigenvalue weighted by molar-refractivity contribution is 5.78. The van der Waals surface area contributed by atoms with Crippen LogP contribution in [0.2, 0.25) is 0 Å². The molecule has 0 aromatic heterocycles. The smallest absolute Gasteiger partial charge is 0.223 e. The van der Waals surface area contributed by atoms with Crippen molar-refractivity contribution in [3.05, 3.63) is 0 Å². The molecule has 0 radical (unpaired) electrons. The highest BCUT2D eigenvalue weighted by atomic mass is 16.1. The molecule has 2 N–H and O–H groups in total. The number of amides is 1. The molecular formula is C16H31N3O. The minimum absolute atomic E-state index is 0.237. The van der Waals surface area contributed by atoms with Crippen LogP contribution < -0.4 is 10.6 Å². The van der Waals surface area contributed by atoms with Crippen molar-refractivity contribution in [2.75, 3.05) is 39.3 Å². The van der Waals surface area contributed by atoms with Gasteiger partial charge in [-0.2, -0.15) is 0 Å². The van der Waals surface area contributed by atoms with Gasteiger partial charge in [0.15, 0.2) is 0 Å². The second kappa shape index (κ2) is 8.63. The van der Waals surface area contributed by atoms with Crippen molar-refractivity contribution in [3.8, 4) is 0 Å². The van der Waals surface area contributed by atoms with Crippen LogP contribution in [0, 0.1) is 11.8 Å². The van der Waals surface area contributed by atoms with E-state index in [-0.39, 0.29) is 11.8 Å². The van der Waals surface area contributed by atoms with Crippen LogP contribution in [0.1, 0.15) is 45.4 Å². The molecule has 0 aromatic carbocycles. The van der Waals surface area contributed by atoms with Crippen LogP contribution >= 0.6 is 0 Å². The van der Waals surface area contributed by atoms with Crippen molar-refractivity contribution in [2.45, 2.75) is 45.4 Å². The minimum Gasteiger partial charge on any atom is -0.355 e. The van der Waals surface area contributed by atoms with Gasteiger partial charge in [-0.25, -0.2) is 0 Å². The maximum Gasteiger partial charge on any atom is 0.223 e. The Hall–Kier alpha value is -0.610. The highest BCUT2D eigenvalue weighted by Crippen LogP contribution is 2.31. The van der Waals surface area contributed by atoms with Crippen molar-refractivity contribution >= 4 is 5.91 Å². The average molecular weight is 281 g/mol. The van der Waals surface area contributed by atoms with E-state index in [9.17, 15) is 4.79 Å². The Bertz CT molecular complexity index is 283. The fraction of sp³-hybridized carbons (Fsp3) is 0.938. The van der Waals surface area contributed by atoms with Gasteiger partial charge in [-0.05, 0) is 18.8 Å². The normalized spacial score (nSPS) is 22.9. The number of carbonyl (C=O) groups is 1. The van der Waals surface area contributed by atoms with E-state index in [1.807, 2.05) is 0 Å². The Morgan fingerprint density at radius 2 is 2.00 bits per heavy atom. The molecule has 2 fully saturated rings. The molecule has 0 aromatic rings. The fourth-order valence-corrected chi connectivity index (χ4v) is 3.52. The van der Waals surface area contributed by atoms with E-state index in [1.54, 1.807) is 0 Å². The van der Waals surface area contributed by atoms with E-state index in [4.69, 9.17) is 0 Å². The zero-order valence-electron chi connectivity index (χ0n) is 13.0. The summed E-state index contributed by atoms with van der Waals surface area (Å²) >= 11 is 0. The second-order valence-electron chi connectivity index (χ2n) is 6.37. The molecule has 1 atom stereocenters. The first-order valence-corrected chi connectivity index (χ1v) is 8.50. The van der Waals surface area contributed by atoms with Crippen LogP contribution in [-0.2, 0) is 4.79 Å². The predicted molar refractivity (Wildman–Crippen MR) is 82.7 cm³/mol. The van der Waals surface area contributed by atoms with E-state index in [2.05, 4.69) is 22.5 Å². The summed E-state index contributed by atoms with van der Waals surface area (Å²) in [6, 6.07) is 0. The fourth-order valence-electron chi connectivity index (χ4n) is 3.52. The summed E-state index contributed by atoms with van der Waals surface area (Å²) in [6.45, 7) is 8.31. The largest absolute Gasteiger partial charge is 0.355 e. The summed E-state index contributed by atoms with van der Waals surface area (Å²) in [6.07, 6.45) is 7.50. The van der Waals surface area contributed by atoms with Gasteiger partial charge in [-0.3, -0.25) is 9.69 Å². The molecular weight excluding hydrogens is 250 g/mol. The SMILES string of the molecule is CCC(CC1CCCC1)C(=O)NCCN1CCNCC1. The number of hydrogen-bond donors (Lipinski definition) is 2. The first-order chi connectivity index (χ1) is 9.79. The van der Waals surface area contributed by atoms with Crippen LogP contribution in [0.15, 0.2) is 0 Å². The van der Waals surface area contributed by atoms with Crippen molar-refractivity contribution < 1.29 is 4.79 Å². The minimum atomic E-state index is 0.237. The highest BCUT2D eigenvalue weighted by Gasteiger charge is 2.23. The Morgan fingerprint density at radius 1 is 1.30 bits per heavy atom. The molecule has 1 aliphatic carbocycles. The Kier molecular flexibility index (Phi) is 6.80. The number of carbonyl (C=O) groups excluding carboxylic acids is 1. The summed E-state index contributed by atoms with van der Waals surface area (Å²) in [5, 5.41) is 6.51. The molecule has 20 heavy (non-hydrogen) atoms. The van der Waals surface area contributed by atoms with E-state index < -0.39 is 0 Å². The third-order valence-corrected chi connectivity index (χ3v) is 4.89. The number of hydrogen-bond acceptors (Lipinski definition) is 3. The lowest BCUT2D eigenvalue weighted by Crippen LogP contribution is -2.46. The predicted octanol–water partition coefficient (Wildman–Crippen LogP) is 1.61. The molecule has 2 rings (SSSR count). The summed E-state index contributed by atoms with van der Waals surface area (Å²) in [5.41, 5.74) is 0. The van der Waals surface area contributed by atoms with E-state index >= 15 is 0 Å². The zero-order chi connectivity index (χ0) is 14.2. The lowest BCUT2D eigenvalue weighted by molar-refractivity contribution is -0.125. The Morgan fingerprint density at radius 3 is 2.65 bits per heavy atom. The maximum absolute atomic E-state index is 12.3. The molecule has 1 saturated heterocycles. The Balaban J connectivity index is 1.63. The summed E-state index contributed by atoms with van der Waals surface area (Å²) < 4.78 is 0. The molecule has 1 heterocycles. The molecule has 1 saturated carbocycles. The van der Waals surface area contributed by atoms with E-state index in [1.165, 1.54) is 25.7 Å². The molecule has 1 amide bonds. The topological polar surface area (TPSA) is 44.4 Å². The van der Waals surface area contributed by atoms with Crippen LogP contribution in [-0.4, -0.2) is 50.1 Å². The number of nitrogens with one attached hydrogen (secondary N) is 2. The van der Waals surface area contributed by atoms with Gasteiger partial charge in [-0.1, -0.05) is 32.6 Å². The molecule has 1 aliphatic heterocycles. The van der Waals surface area contributed by atoms with Gasteiger partial charge in [-0.15, -0.1) is 0 Å². The summed E-state index contributed by atoms with van der Waals surface area (Å²) in [7, 11) is 0. The lowest BCUT2D eigenvalue weighted by Gasteiger charge is -2.27. The standard InChI is InChI=1S/C16H31N3O/c1-2-15(13-14-5-3-4-6-14)16(20)18-9-12-19-10-7-17-8-11-19/h14-15,17H,2-13H2,1H3,(H,18,20). The van der Waals surface area contributed by atoms with Gasteiger partial charge < -0.3 is 10.6 Å². The third kappa shape index (κ3) is 5.06.